The molecule has 172 valence electrons. The van der Waals surface area contributed by atoms with Crippen molar-refractivity contribution in [2.24, 2.45) is 0 Å². The van der Waals surface area contributed by atoms with Crippen LogP contribution in [0.5, 0.6) is 5.75 Å². The molecular weight excluding hydrogens is 428 g/mol. The van der Waals surface area contributed by atoms with Crippen LogP contribution in [-0.2, 0) is 16.0 Å². The predicted octanol–water partition coefficient (Wildman–Crippen LogP) is 3.24. The molecule has 0 saturated heterocycles. The summed E-state index contributed by atoms with van der Waals surface area (Å²) in [5, 5.41) is 7.83. The summed E-state index contributed by atoms with van der Waals surface area (Å²) in [5.74, 6) is 0.120. The molecule has 0 atom stereocenters. The first-order valence-electron chi connectivity index (χ1n) is 11.0. The van der Waals surface area contributed by atoms with Gasteiger partial charge in [-0.25, -0.2) is 4.98 Å². The number of hydrogen-bond acceptors (Lipinski definition) is 6. The molecule has 1 aliphatic rings. The van der Waals surface area contributed by atoms with E-state index in [9.17, 15) is 14.4 Å². The van der Waals surface area contributed by atoms with Crippen LogP contribution < -0.4 is 15.4 Å². The van der Waals surface area contributed by atoms with E-state index < -0.39 is 0 Å². The zero-order chi connectivity index (χ0) is 22.9. The van der Waals surface area contributed by atoms with Crippen molar-refractivity contribution in [1.29, 1.82) is 0 Å². The van der Waals surface area contributed by atoms with Crippen molar-refractivity contribution < 1.29 is 19.1 Å². The molecule has 2 aromatic rings. The molecule has 2 N–H and O–H groups in total. The summed E-state index contributed by atoms with van der Waals surface area (Å²) in [7, 11) is 1.57. The lowest BCUT2D eigenvalue weighted by Gasteiger charge is -2.21. The van der Waals surface area contributed by atoms with Crippen LogP contribution in [0.15, 0.2) is 29.6 Å². The summed E-state index contributed by atoms with van der Waals surface area (Å²) in [6.07, 6.45) is 5.13. The number of unbranched alkanes of at least 4 members (excludes halogenated alkanes) is 2. The van der Waals surface area contributed by atoms with Gasteiger partial charge < -0.3 is 20.3 Å². The molecule has 0 radical (unpaired) electrons. The Morgan fingerprint density at radius 2 is 1.91 bits per heavy atom. The molecule has 1 fully saturated rings. The Labute approximate surface area is 192 Å². The number of aromatic nitrogens is 1. The third-order valence-electron chi connectivity index (χ3n) is 5.14. The summed E-state index contributed by atoms with van der Waals surface area (Å²) in [6.45, 7) is 2.74. The van der Waals surface area contributed by atoms with Gasteiger partial charge >= 0.3 is 0 Å². The second-order valence-electron chi connectivity index (χ2n) is 7.82. The predicted molar refractivity (Wildman–Crippen MR) is 124 cm³/mol. The number of methoxy groups -OCH3 is 1. The largest absolute Gasteiger partial charge is 0.497 e. The number of benzene rings is 1. The highest BCUT2D eigenvalue weighted by Crippen LogP contribution is 2.28. The van der Waals surface area contributed by atoms with Crippen LogP contribution in [0.25, 0.3) is 0 Å². The van der Waals surface area contributed by atoms with Gasteiger partial charge in [-0.1, -0.05) is 19.8 Å². The number of amides is 3. The van der Waals surface area contributed by atoms with E-state index >= 15 is 0 Å². The maximum atomic E-state index is 12.9. The fourth-order valence-electron chi connectivity index (χ4n) is 3.24. The standard InChI is InChI=1S/C23H30N4O4S/c1-3-4-5-12-24-20(28)13-17-15-32-23(25-17)26-21(29)14-27(18-8-9-18)22(30)16-6-10-19(31-2)11-7-16/h6-7,10-11,15,18H,3-5,8-9,12-14H2,1-2H3,(H,24,28)(H,25,26,29). The number of carbonyl (C=O) groups is 3. The minimum atomic E-state index is -0.302. The quantitative estimate of drug-likeness (QED) is 0.476. The summed E-state index contributed by atoms with van der Waals surface area (Å²) >= 11 is 1.27. The zero-order valence-electron chi connectivity index (χ0n) is 18.6. The number of carbonyl (C=O) groups excluding carboxylic acids is 3. The normalized spacial score (nSPS) is 12.8. The van der Waals surface area contributed by atoms with Crippen LogP contribution in [0, 0.1) is 0 Å². The first kappa shape index (κ1) is 23.7. The number of hydrogen-bond donors (Lipinski definition) is 2. The molecule has 0 aliphatic heterocycles. The highest BCUT2D eigenvalue weighted by molar-refractivity contribution is 7.13. The number of nitrogens with one attached hydrogen (secondary N) is 2. The summed E-state index contributed by atoms with van der Waals surface area (Å²) < 4.78 is 5.14. The van der Waals surface area contributed by atoms with Crippen LogP contribution in [0.4, 0.5) is 5.13 Å². The molecule has 1 aromatic heterocycles. The van der Waals surface area contributed by atoms with Crippen LogP contribution in [0.3, 0.4) is 0 Å². The molecule has 1 aromatic carbocycles. The van der Waals surface area contributed by atoms with Crippen LogP contribution in [-0.4, -0.2) is 53.8 Å². The second kappa shape index (κ2) is 11.6. The smallest absolute Gasteiger partial charge is 0.254 e. The molecule has 0 spiro atoms. The van der Waals surface area contributed by atoms with Crippen molar-refractivity contribution in [1.82, 2.24) is 15.2 Å². The number of anilines is 1. The molecule has 3 rings (SSSR count). The summed E-state index contributed by atoms with van der Waals surface area (Å²) in [6, 6.07) is 6.95. The Hall–Kier alpha value is -2.94. The topological polar surface area (TPSA) is 101 Å². The fourth-order valence-corrected chi connectivity index (χ4v) is 3.97. The second-order valence-corrected chi connectivity index (χ2v) is 8.68. The van der Waals surface area contributed by atoms with Crippen molar-refractivity contribution in [3.05, 3.63) is 40.9 Å². The number of thiazole rings is 1. The number of nitrogens with zero attached hydrogens (tertiary/aromatic N) is 2. The van der Waals surface area contributed by atoms with Crippen molar-refractivity contribution in [2.75, 3.05) is 25.5 Å². The van der Waals surface area contributed by atoms with Gasteiger partial charge in [-0.3, -0.25) is 14.4 Å². The van der Waals surface area contributed by atoms with Crippen molar-refractivity contribution >= 4 is 34.2 Å². The molecule has 1 heterocycles. The molecule has 0 unspecified atom stereocenters. The first-order valence-corrected chi connectivity index (χ1v) is 11.8. The van der Waals surface area contributed by atoms with Gasteiger partial charge in [0, 0.05) is 23.5 Å². The SMILES string of the molecule is CCCCCNC(=O)Cc1csc(NC(=O)CN(C(=O)c2ccc(OC)cc2)C2CC2)n1. The Morgan fingerprint density at radius 1 is 1.16 bits per heavy atom. The summed E-state index contributed by atoms with van der Waals surface area (Å²) in [5.41, 5.74) is 1.14. The van der Waals surface area contributed by atoms with E-state index in [2.05, 4.69) is 22.5 Å². The van der Waals surface area contributed by atoms with Gasteiger partial charge in [0.05, 0.1) is 19.2 Å². The van der Waals surface area contributed by atoms with Gasteiger partial charge in [0.1, 0.15) is 12.3 Å². The van der Waals surface area contributed by atoms with Gasteiger partial charge in [0.2, 0.25) is 11.8 Å². The van der Waals surface area contributed by atoms with Crippen molar-refractivity contribution in [3.8, 4) is 5.75 Å². The highest BCUT2D eigenvalue weighted by Gasteiger charge is 2.34. The minimum Gasteiger partial charge on any atom is -0.497 e. The van der Waals surface area contributed by atoms with E-state index in [-0.39, 0.29) is 36.7 Å². The molecule has 1 aliphatic carbocycles. The Balaban J connectivity index is 1.51. The van der Waals surface area contributed by atoms with Crippen LogP contribution >= 0.6 is 11.3 Å². The first-order chi connectivity index (χ1) is 15.5. The van der Waals surface area contributed by atoms with Gasteiger partial charge in [0.25, 0.3) is 5.91 Å². The number of rotatable bonds is 12. The molecule has 1 saturated carbocycles. The Kier molecular flexibility index (Phi) is 8.61. The average molecular weight is 459 g/mol. The van der Waals surface area contributed by atoms with Crippen LogP contribution in [0.1, 0.15) is 55.1 Å². The van der Waals surface area contributed by atoms with E-state index in [1.807, 2.05) is 0 Å². The average Bonchev–Trinajstić information content (AvgIpc) is 3.55. The minimum absolute atomic E-state index is 0.0393. The molecule has 32 heavy (non-hydrogen) atoms. The maximum Gasteiger partial charge on any atom is 0.254 e. The van der Waals surface area contributed by atoms with E-state index in [1.54, 1.807) is 41.7 Å². The maximum absolute atomic E-state index is 12.9. The van der Waals surface area contributed by atoms with Gasteiger partial charge in [0.15, 0.2) is 5.13 Å². The van der Waals surface area contributed by atoms with E-state index in [4.69, 9.17) is 4.74 Å². The summed E-state index contributed by atoms with van der Waals surface area (Å²) in [4.78, 5) is 43.4. The molecule has 8 nitrogen and oxygen atoms in total. The molecule has 9 heteroatoms. The van der Waals surface area contributed by atoms with E-state index in [0.717, 1.165) is 32.1 Å². The van der Waals surface area contributed by atoms with Gasteiger partial charge in [-0.15, -0.1) is 11.3 Å². The molecule has 0 bridgehead atoms. The fraction of sp³-hybridized carbons (Fsp3) is 0.478. The third kappa shape index (κ3) is 7.05. The lowest BCUT2D eigenvalue weighted by molar-refractivity contribution is -0.120. The highest BCUT2D eigenvalue weighted by atomic mass is 32.1. The van der Waals surface area contributed by atoms with Crippen molar-refractivity contribution in [2.45, 2.75) is 51.5 Å². The zero-order valence-corrected chi connectivity index (χ0v) is 19.4. The van der Waals surface area contributed by atoms with Crippen molar-refractivity contribution in [3.63, 3.8) is 0 Å². The molecular formula is C23H30N4O4S. The lowest BCUT2D eigenvalue weighted by atomic mass is 10.2. The van der Waals surface area contributed by atoms with Crippen LogP contribution in [0.2, 0.25) is 0 Å². The van der Waals surface area contributed by atoms with Gasteiger partial charge in [-0.05, 0) is 43.5 Å². The van der Waals surface area contributed by atoms with Gasteiger partial charge in [-0.2, -0.15) is 0 Å². The van der Waals surface area contributed by atoms with E-state index in [1.165, 1.54) is 11.3 Å². The lowest BCUT2D eigenvalue weighted by Crippen LogP contribution is -2.39. The number of ether oxygens (including phenoxy) is 1. The Morgan fingerprint density at radius 3 is 2.56 bits per heavy atom. The third-order valence-corrected chi connectivity index (χ3v) is 5.95. The Bertz CT molecular complexity index is 924. The van der Waals surface area contributed by atoms with E-state index in [0.29, 0.717) is 28.7 Å². The molecule has 3 amide bonds. The monoisotopic (exact) mass is 458 g/mol.